The standard InChI is InChI=1S/C12H14O2/c1-3-14-12(13)9-10(2)11-7-5-4-6-8-11/h4-8,13H,3H2,1-2H3. The Bertz CT molecular complexity index is 346. The lowest BCUT2D eigenvalue weighted by atomic mass is 10.1. The predicted molar refractivity (Wildman–Crippen MR) is 56.8 cm³/mol. The molecule has 1 rings (SSSR count). The van der Waals surface area contributed by atoms with Gasteiger partial charge in [0.15, 0.2) is 0 Å². The molecule has 0 aliphatic carbocycles. The Labute approximate surface area is 84.1 Å². The molecule has 0 fully saturated rings. The summed E-state index contributed by atoms with van der Waals surface area (Å²) in [6, 6.07) is 9.75. The average Bonchev–Trinajstić information content (AvgIpc) is 2.19. The fourth-order valence-electron chi connectivity index (χ4n) is 1.09. The molecule has 0 radical (unpaired) electrons. The van der Waals surface area contributed by atoms with Gasteiger partial charge in [0.05, 0.1) is 6.61 Å². The van der Waals surface area contributed by atoms with Crippen LogP contribution >= 0.6 is 0 Å². The van der Waals surface area contributed by atoms with Gasteiger partial charge in [-0.1, -0.05) is 30.3 Å². The average molecular weight is 190 g/mol. The summed E-state index contributed by atoms with van der Waals surface area (Å²) in [7, 11) is 0. The lowest BCUT2D eigenvalue weighted by molar-refractivity contribution is 0.104. The van der Waals surface area contributed by atoms with Gasteiger partial charge in [-0.25, -0.2) is 0 Å². The van der Waals surface area contributed by atoms with Crippen LogP contribution in [0.25, 0.3) is 5.57 Å². The maximum Gasteiger partial charge on any atom is 0.325 e. The van der Waals surface area contributed by atoms with E-state index in [1.807, 2.05) is 44.2 Å². The van der Waals surface area contributed by atoms with Crippen LogP contribution in [0.15, 0.2) is 42.0 Å². The highest BCUT2D eigenvalue weighted by Gasteiger charge is 1.94. The van der Waals surface area contributed by atoms with Crippen LogP contribution in [-0.4, -0.2) is 11.7 Å². The van der Waals surface area contributed by atoms with Crippen molar-refractivity contribution in [3.05, 3.63) is 47.6 Å². The number of hydrogen-bond donors (Lipinski definition) is 1. The zero-order chi connectivity index (χ0) is 10.4. The van der Waals surface area contributed by atoms with Crippen molar-refractivity contribution in [3.8, 4) is 0 Å². The Morgan fingerprint density at radius 2 is 2.00 bits per heavy atom. The molecule has 1 N–H and O–H groups in total. The van der Waals surface area contributed by atoms with Gasteiger partial charge in [-0.3, -0.25) is 0 Å². The second-order valence-electron chi connectivity index (χ2n) is 2.85. The number of aliphatic hydroxyl groups is 1. The molecule has 0 bridgehead atoms. The summed E-state index contributed by atoms with van der Waals surface area (Å²) in [6.07, 6.45) is 0. The van der Waals surface area contributed by atoms with E-state index >= 15 is 0 Å². The molecule has 0 amide bonds. The monoisotopic (exact) mass is 190 g/mol. The van der Waals surface area contributed by atoms with Gasteiger partial charge in [-0.15, -0.1) is 0 Å². The van der Waals surface area contributed by atoms with E-state index in [2.05, 4.69) is 5.73 Å². The molecule has 0 aromatic heterocycles. The van der Waals surface area contributed by atoms with Crippen molar-refractivity contribution in [1.82, 2.24) is 0 Å². The summed E-state index contributed by atoms with van der Waals surface area (Å²) < 4.78 is 4.87. The van der Waals surface area contributed by atoms with Crippen molar-refractivity contribution in [2.45, 2.75) is 13.8 Å². The van der Waals surface area contributed by atoms with E-state index in [1.54, 1.807) is 0 Å². The first-order chi connectivity index (χ1) is 6.74. The molecule has 2 nitrogen and oxygen atoms in total. The number of allylic oxidation sites excluding steroid dienone is 1. The van der Waals surface area contributed by atoms with Crippen LogP contribution in [0.2, 0.25) is 0 Å². The van der Waals surface area contributed by atoms with Crippen LogP contribution < -0.4 is 0 Å². The number of benzene rings is 1. The number of hydrogen-bond acceptors (Lipinski definition) is 2. The lowest BCUT2D eigenvalue weighted by Crippen LogP contribution is -1.88. The minimum atomic E-state index is -0.158. The Kier molecular flexibility index (Phi) is 3.84. The summed E-state index contributed by atoms with van der Waals surface area (Å²) >= 11 is 0. The second kappa shape index (κ2) is 5.15. The topological polar surface area (TPSA) is 29.5 Å². The summed E-state index contributed by atoms with van der Waals surface area (Å²) in [6.45, 7) is 4.14. The van der Waals surface area contributed by atoms with Crippen LogP contribution in [0, 0.1) is 0 Å². The lowest BCUT2D eigenvalue weighted by Gasteiger charge is -1.99. The zero-order valence-electron chi connectivity index (χ0n) is 8.45. The molecule has 1 aromatic carbocycles. The van der Waals surface area contributed by atoms with E-state index in [-0.39, 0.29) is 5.95 Å². The van der Waals surface area contributed by atoms with Gasteiger partial charge in [-0.05, 0) is 25.1 Å². The third-order valence-electron chi connectivity index (χ3n) is 1.78. The smallest absolute Gasteiger partial charge is 0.325 e. The van der Waals surface area contributed by atoms with Crippen LogP contribution in [0.1, 0.15) is 19.4 Å². The third kappa shape index (κ3) is 3.00. The van der Waals surface area contributed by atoms with Crippen LogP contribution in [0.5, 0.6) is 0 Å². The summed E-state index contributed by atoms with van der Waals surface area (Å²) in [4.78, 5) is 0. The van der Waals surface area contributed by atoms with Crippen molar-refractivity contribution in [2.75, 3.05) is 6.61 Å². The fourth-order valence-corrected chi connectivity index (χ4v) is 1.09. The van der Waals surface area contributed by atoms with E-state index in [4.69, 9.17) is 4.74 Å². The van der Waals surface area contributed by atoms with Gasteiger partial charge in [0, 0.05) is 5.57 Å². The van der Waals surface area contributed by atoms with Gasteiger partial charge in [0.1, 0.15) is 0 Å². The van der Waals surface area contributed by atoms with Crippen molar-refractivity contribution >= 4 is 5.57 Å². The molecule has 0 saturated heterocycles. The minimum Gasteiger partial charge on any atom is -0.475 e. The Hall–Kier alpha value is -1.66. The minimum absolute atomic E-state index is 0.158. The molecule has 0 atom stereocenters. The van der Waals surface area contributed by atoms with Crippen molar-refractivity contribution in [1.29, 1.82) is 0 Å². The third-order valence-corrected chi connectivity index (χ3v) is 1.78. The largest absolute Gasteiger partial charge is 0.475 e. The highest BCUT2D eigenvalue weighted by atomic mass is 16.6. The first kappa shape index (κ1) is 10.4. The molecule has 74 valence electrons. The summed E-state index contributed by atoms with van der Waals surface area (Å²) in [5.41, 5.74) is 4.65. The molecule has 0 heterocycles. The molecule has 14 heavy (non-hydrogen) atoms. The van der Waals surface area contributed by atoms with Crippen LogP contribution in [0.3, 0.4) is 0 Å². The van der Waals surface area contributed by atoms with Crippen molar-refractivity contribution < 1.29 is 9.84 Å². The fraction of sp³-hybridized carbons (Fsp3) is 0.250. The van der Waals surface area contributed by atoms with E-state index in [0.29, 0.717) is 6.61 Å². The molecule has 0 aliphatic rings. The summed E-state index contributed by atoms with van der Waals surface area (Å²) in [5.74, 6) is -0.158. The summed E-state index contributed by atoms with van der Waals surface area (Å²) in [5, 5.41) is 9.24. The van der Waals surface area contributed by atoms with Crippen molar-refractivity contribution in [2.24, 2.45) is 0 Å². The van der Waals surface area contributed by atoms with E-state index in [0.717, 1.165) is 11.1 Å². The van der Waals surface area contributed by atoms with Crippen LogP contribution in [0.4, 0.5) is 0 Å². The van der Waals surface area contributed by atoms with Gasteiger partial charge < -0.3 is 9.84 Å². The number of ether oxygens (including phenoxy) is 1. The molecule has 2 heteroatoms. The quantitative estimate of drug-likeness (QED) is 0.586. The van der Waals surface area contributed by atoms with Gasteiger partial charge >= 0.3 is 5.95 Å². The highest BCUT2D eigenvalue weighted by molar-refractivity contribution is 5.62. The zero-order valence-corrected chi connectivity index (χ0v) is 8.45. The first-order valence-corrected chi connectivity index (χ1v) is 4.58. The maximum atomic E-state index is 9.24. The number of aliphatic hydroxyl groups excluding tert-OH is 1. The Morgan fingerprint density at radius 3 is 2.57 bits per heavy atom. The van der Waals surface area contributed by atoms with Gasteiger partial charge in [-0.2, -0.15) is 0 Å². The molecule has 0 aliphatic heterocycles. The van der Waals surface area contributed by atoms with Gasteiger partial charge in [0.2, 0.25) is 0 Å². The van der Waals surface area contributed by atoms with Crippen LogP contribution in [-0.2, 0) is 4.74 Å². The SMILES string of the molecule is CCOC(O)=C=C(C)c1ccccc1. The molecule has 0 unspecified atom stereocenters. The predicted octanol–water partition coefficient (Wildman–Crippen LogP) is 3.12. The van der Waals surface area contributed by atoms with E-state index in [9.17, 15) is 5.11 Å². The molecular weight excluding hydrogens is 176 g/mol. The highest BCUT2D eigenvalue weighted by Crippen LogP contribution is 2.11. The number of rotatable bonds is 3. The molecule has 0 spiro atoms. The van der Waals surface area contributed by atoms with E-state index in [1.165, 1.54) is 0 Å². The first-order valence-electron chi connectivity index (χ1n) is 4.58. The molecule has 0 saturated carbocycles. The normalized spacial score (nSPS) is 9.00. The Balaban J connectivity index is 2.95. The van der Waals surface area contributed by atoms with Crippen molar-refractivity contribution in [3.63, 3.8) is 0 Å². The molecular formula is C12H14O2. The molecule has 1 aromatic rings. The second-order valence-corrected chi connectivity index (χ2v) is 2.85. The maximum absolute atomic E-state index is 9.24. The van der Waals surface area contributed by atoms with E-state index < -0.39 is 0 Å². The Morgan fingerprint density at radius 1 is 1.36 bits per heavy atom. The van der Waals surface area contributed by atoms with Gasteiger partial charge in [0.25, 0.3) is 0 Å².